The Labute approximate surface area is 216 Å². The van der Waals surface area contributed by atoms with Crippen molar-refractivity contribution in [3.63, 3.8) is 0 Å². The van der Waals surface area contributed by atoms with Crippen molar-refractivity contribution in [2.75, 3.05) is 12.4 Å². The molecule has 2 amide bonds. The molecule has 0 aliphatic rings. The number of rotatable bonds is 6. The van der Waals surface area contributed by atoms with E-state index in [9.17, 15) is 14.4 Å². The first-order valence-electron chi connectivity index (χ1n) is 11.9. The molecular formula is C27H24FN7O3. The Hall–Kier alpha value is -5.06. The fraction of sp³-hybridized carbons (Fsp3) is 0.148. The largest absolute Gasteiger partial charge is 0.355 e. The number of nitrogens with one attached hydrogen (secondary N) is 2. The number of carbonyl (C=O) groups excluding carboxylic acids is 2. The van der Waals surface area contributed by atoms with E-state index in [1.165, 1.54) is 28.7 Å². The van der Waals surface area contributed by atoms with E-state index in [4.69, 9.17) is 0 Å². The molecule has 0 radical (unpaired) electrons. The summed E-state index contributed by atoms with van der Waals surface area (Å²) in [7, 11) is 3.07. The summed E-state index contributed by atoms with van der Waals surface area (Å²) < 4.78 is 20.2. The Bertz CT molecular complexity index is 1750. The number of halogens is 1. The van der Waals surface area contributed by atoms with Crippen molar-refractivity contribution in [3.8, 4) is 16.8 Å². The van der Waals surface area contributed by atoms with Crippen molar-refractivity contribution in [3.05, 3.63) is 94.5 Å². The number of hydrogen-bond acceptors (Lipinski definition) is 5. The molecule has 0 aliphatic heterocycles. The van der Waals surface area contributed by atoms with Crippen molar-refractivity contribution in [2.24, 2.45) is 7.05 Å². The Morgan fingerprint density at radius 1 is 1.03 bits per heavy atom. The predicted octanol–water partition coefficient (Wildman–Crippen LogP) is 3.36. The van der Waals surface area contributed by atoms with E-state index >= 15 is 4.39 Å². The van der Waals surface area contributed by atoms with E-state index in [1.807, 2.05) is 6.92 Å². The lowest BCUT2D eigenvalue weighted by Crippen LogP contribution is -2.21. The Kier molecular flexibility index (Phi) is 6.33. The molecule has 11 heteroatoms. The number of aryl methyl sites for hydroxylation is 2. The van der Waals surface area contributed by atoms with Crippen LogP contribution in [-0.4, -0.2) is 43.0 Å². The van der Waals surface area contributed by atoms with Gasteiger partial charge in [-0.05, 0) is 55.0 Å². The Balaban J connectivity index is 1.53. The summed E-state index contributed by atoms with van der Waals surface area (Å²) in [5.74, 6) is -1.48. The average Bonchev–Trinajstić information content (AvgIpc) is 3.49. The first-order chi connectivity index (χ1) is 18.3. The fourth-order valence-corrected chi connectivity index (χ4v) is 4.29. The molecule has 0 atom stereocenters. The van der Waals surface area contributed by atoms with Gasteiger partial charge in [0.1, 0.15) is 12.1 Å². The molecule has 0 unspecified atom stereocenters. The number of nitrogens with zero attached hydrogens (tertiary/aromatic N) is 5. The fourth-order valence-electron chi connectivity index (χ4n) is 4.29. The first kappa shape index (κ1) is 24.6. The van der Waals surface area contributed by atoms with E-state index < -0.39 is 11.7 Å². The SMILES string of the molecule is CCn1nc(C(=O)Nc2cccc(C(=O)NC)c2)c2c(F)c(-c3ccc(-n4cnn(C)c4=O)cc3)ccc21. The number of carbonyl (C=O) groups is 2. The van der Waals surface area contributed by atoms with Gasteiger partial charge < -0.3 is 10.6 Å². The van der Waals surface area contributed by atoms with Crippen LogP contribution in [0.5, 0.6) is 0 Å². The molecule has 0 saturated carbocycles. The highest BCUT2D eigenvalue weighted by molar-refractivity contribution is 6.12. The topological polar surface area (TPSA) is 116 Å². The van der Waals surface area contributed by atoms with Crippen molar-refractivity contribution in [1.82, 2.24) is 29.4 Å². The number of hydrogen-bond donors (Lipinski definition) is 2. The molecule has 3 aromatic carbocycles. The highest BCUT2D eigenvalue weighted by atomic mass is 19.1. The van der Waals surface area contributed by atoms with Crippen LogP contribution >= 0.6 is 0 Å². The quantitative estimate of drug-likeness (QED) is 0.361. The van der Waals surface area contributed by atoms with Crippen molar-refractivity contribution in [1.29, 1.82) is 0 Å². The standard InChI is InChI=1S/C27H24FN7O3/c1-4-35-21-13-12-20(16-8-10-19(11-9-16)34-15-30-33(3)27(34)38)23(28)22(21)24(32-35)26(37)31-18-7-5-6-17(14-18)25(36)29-2/h5-15H,4H2,1-3H3,(H,29,36)(H,31,37). The zero-order valence-electron chi connectivity index (χ0n) is 20.9. The molecule has 2 N–H and O–H groups in total. The minimum absolute atomic E-state index is 0.0647. The van der Waals surface area contributed by atoms with Gasteiger partial charge in [0.25, 0.3) is 11.8 Å². The minimum atomic E-state index is -0.599. The highest BCUT2D eigenvalue weighted by Gasteiger charge is 2.23. The second-order valence-corrected chi connectivity index (χ2v) is 8.55. The zero-order valence-corrected chi connectivity index (χ0v) is 20.9. The van der Waals surface area contributed by atoms with Crippen molar-refractivity contribution >= 4 is 28.4 Å². The monoisotopic (exact) mass is 513 g/mol. The Morgan fingerprint density at radius 3 is 2.45 bits per heavy atom. The van der Waals surface area contributed by atoms with E-state index in [0.717, 1.165) is 0 Å². The van der Waals surface area contributed by atoms with Crippen LogP contribution in [0.15, 0.2) is 71.8 Å². The summed E-state index contributed by atoms with van der Waals surface area (Å²) in [6.45, 7) is 2.29. The van der Waals surface area contributed by atoms with Crippen molar-refractivity contribution in [2.45, 2.75) is 13.5 Å². The second-order valence-electron chi connectivity index (χ2n) is 8.55. The van der Waals surface area contributed by atoms with E-state index in [-0.39, 0.29) is 28.2 Å². The van der Waals surface area contributed by atoms with Gasteiger partial charge in [0.05, 0.1) is 16.6 Å². The maximum Gasteiger partial charge on any atom is 0.350 e. The van der Waals surface area contributed by atoms with Crippen LogP contribution in [-0.2, 0) is 13.6 Å². The summed E-state index contributed by atoms with van der Waals surface area (Å²) >= 11 is 0. The molecule has 0 bridgehead atoms. The maximum atomic E-state index is 16.0. The van der Waals surface area contributed by atoms with Crippen LogP contribution in [0.1, 0.15) is 27.8 Å². The smallest absolute Gasteiger partial charge is 0.350 e. The number of amides is 2. The lowest BCUT2D eigenvalue weighted by molar-refractivity contribution is 0.0961. The zero-order chi connectivity index (χ0) is 27.0. The summed E-state index contributed by atoms with van der Waals surface area (Å²) in [6.07, 6.45) is 1.42. The van der Waals surface area contributed by atoms with Crippen LogP contribution in [0.25, 0.3) is 27.7 Å². The number of aromatic nitrogens is 5. The summed E-state index contributed by atoms with van der Waals surface area (Å²) in [5.41, 5.74) is 2.32. The van der Waals surface area contributed by atoms with E-state index in [2.05, 4.69) is 20.8 Å². The maximum absolute atomic E-state index is 16.0. The molecule has 0 aliphatic carbocycles. The Morgan fingerprint density at radius 2 is 1.79 bits per heavy atom. The van der Waals surface area contributed by atoms with Crippen molar-refractivity contribution < 1.29 is 14.0 Å². The van der Waals surface area contributed by atoms with Gasteiger partial charge in [-0.15, -0.1) is 0 Å². The normalized spacial score (nSPS) is 11.1. The van der Waals surface area contributed by atoms with Gasteiger partial charge >= 0.3 is 5.69 Å². The second kappa shape index (κ2) is 9.77. The highest BCUT2D eigenvalue weighted by Crippen LogP contribution is 2.32. The molecule has 2 heterocycles. The molecule has 2 aromatic heterocycles. The van der Waals surface area contributed by atoms with Crippen LogP contribution in [0.2, 0.25) is 0 Å². The van der Waals surface area contributed by atoms with E-state index in [0.29, 0.717) is 34.6 Å². The van der Waals surface area contributed by atoms with Gasteiger partial charge in [-0.25, -0.2) is 18.4 Å². The lowest BCUT2D eigenvalue weighted by atomic mass is 10.0. The molecular weight excluding hydrogens is 489 g/mol. The number of anilines is 1. The van der Waals surface area contributed by atoms with Crippen LogP contribution in [0.3, 0.4) is 0 Å². The van der Waals surface area contributed by atoms with Crippen LogP contribution < -0.4 is 16.3 Å². The van der Waals surface area contributed by atoms with Gasteiger partial charge in [-0.2, -0.15) is 10.2 Å². The van der Waals surface area contributed by atoms with Gasteiger partial charge in [0.2, 0.25) is 0 Å². The van der Waals surface area contributed by atoms with Gasteiger partial charge in [-0.3, -0.25) is 14.3 Å². The van der Waals surface area contributed by atoms with Gasteiger partial charge in [0.15, 0.2) is 5.69 Å². The molecule has 0 spiro atoms. The molecule has 5 aromatic rings. The summed E-state index contributed by atoms with van der Waals surface area (Å²) in [5, 5.41) is 13.7. The molecule has 5 rings (SSSR count). The van der Waals surface area contributed by atoms with Crippen LogP contribution in [0, 0.1) is 5.82 Å². The number of fused-ring (bicyclic) bond motifs is 1. The molecule has 10 nitrogen and oxygen atoms in total. The lowest BCUT2D eigenvalue weighted by Gasteiger charge is -2.08. The summed E-state index contributed by atoms with van der Waals surface area (Å²) in [6, 6.07) is 16.6. The van der Waals surface area contributed by atoms with Crippen LogP contribution in [0.4, 0.5) is 10.1 Å². The third-order valence-electron chi connectivity index (χ3n) is 6.26. The average molecular weight is 514 g/mol. The van der Waals surface area contributed by atoms with Gasteiger partial charge in [0, 0.05) is 37.5 Å². The molecule has 0 saturated heterocycles. The van der Waals surface area contributed by atoms with Gasteiger partial charge in [-0.1, -0.05) is 18.2 Å². The third-order valence-corrected chi connectivity index (χ3v) is 6.26. The first-order valence-corrected chi connectivity index (χ1v) is 11.9. The number of benzene rings is 3. The third kappa shape index (κ3) is 4.23. The molecule has 0 fully saturated rings. The molecule has 38 heavy (non-hydrogen) atoms. The van der Waals surface area contributed by atoms with E-state index in [1.54, 1.807) is 66.3 Å². The minimum Gasteiger partial charge on any atom is -0.355 e. The summed E-state index contributed by atoms with van der Waals surface area (Å²) in [4.78, 5) is 37.4. The molecule has 192 valence electrons. The predicted molar refractivity (Wildman–Crippen MR) is 141 cm³/mol.